The van der Waals surface area contributed by atoms with Crippen molar-refractivity contribution in [3.8, 4) is 5.75 Å². The van der Waals surface area contributed by atoms with Crippen LogP contribution < -0.4 is 10.1 Å². The fourth-order valence-electron chi connectivity index (χ4n) is 3.45. The standard InChI is InChI=1S/C23H32N2O3S/c26-23(24-11-16-29-19-22-9-5-14-28-22)10-6-15-27-21-8-4-7-20(17-21)18-25-12-2-1-3-13-25/h4-5,7-9,14,17H,1-3,6,10-13,15-16,18-19H2,(H,24,26). The van der Waals surface area contributed by atoms with Crippen LogP contribution in [0, 0.1) is 0 Å². The molecular weight excluding hydrogens is 384 g/mol. The lowest BCUT2D eigenvalue weighted by atomic mass is 10.1. The van der Waals surface area contributed by atoms with Crippen LogP contribution in [0.1, 0.15) is 43.4 Å². The highest BCUT2D eigenvalue weighted by molar-refractivity contribution is 7.98. The molecule has 0 spiro atoms. The Hall–Kier alpha value is -1.92. The van der Waals surface area contributed by atoms with Crippen molar-refractivity contribution in [3.05, 3.63) is 54.0 Å². The van der Waals surface area contributed by atoms with Crippen molar-refractivity contribution in [2.75, 3.05) is 32.0 Å². The zero-order valence-corrected chi connectivity index (χ0v) is 17.9. The summed E-state index contributed by atoms with van der Waals surface area (Å²) < 4.78 is 11.1. The van der Waals surface area contributed by atoms with E-state index in [2.05, 4.69) is 28.4 Å². The van der Waals surface area contributed by atoms with Gasteiger partial charge < -0.3 is 14.5 Å². The number of rotatable bonds is 12. The lowest BCUT2D eigenvalue weighted by Crippen LogP contribution is -2.29. The van der Waals surface area contributed by atoms with Crippen molar-refractivity contribution in [3.63, 3.8) is 0 Å². The Kier molecular flexibility index (Phi) is 9.46. The van der Waals surface area contributed by atoms with E-state index in [1.165, 1.54) is 37.9 Å². The number of carbonyl (C=O) groups excluding carboxylic acids is 1. The smallest absolute Gasteiger partial charge is 0.220 e. The number of nitrogens with one attached hydrogen (secondary N) is 1. The molecule has 0 bridgehead atoms. The predicted molar refractivity (Wildman–Crippen MR) is 118 cm³/mol. The Balaban J connectivity index is 1.24. The minimum atomic E-state index is 0.0889. The number of carbonyl (C=O) groups is 1. The van der Waals surface area contributed by atoms with Crippen LogP contribution in [-0.4, -0.2) is 42.8 Å². The first kappa shape index (κ1) is 21.8. The van der Waals surface area contributed by atoms with Gasteiger partial charge in [0.2, 0.25) is 5.91 Å². The van der Waals surface area contributed by atoms with Gasteiger partial charge in [0.15, 0.2) is 0 Å². The zero-order valence-electron chi connectivity index (χ0n) is 17.1. The summed E-state index contributed by atoms with van der Waals surface area (Å²) in [5, 5.41) is 2.96. The van der Waals surface area contributed by atoms with Gasteiger partial charge >= 0.3 is 0 Å². The molecule has 0 saturated carbocycles. The molecule has 1 fully saturated rings. The lowest BCUT2D eigenvalue weighted by molar-refractivity contribution is -0.121. The summed E-state index contributed by atoms with van der Waals surface area (Å²) in [6.45, 7) is 4.64. The summed E-state index contributed by atoms with van der Waals surface area (Å²) in [5.41, 5.74) is 1.30. The fourth-order valence-corrected chi connectivity index (χ4v) is 4.21. The highest BCUT2D eigenvalue weighted by Gasteiger charge is 2.10. The van der Waals surface area contributed by atoms with E-state index in [1.807, 2.05) is 18.2 Å². The van der Waals surface area contributed by atoms with Gasteiger partial charge in [0.05, 0.1) is 18.6 Å². The molecule has 6 heteroatoms. The monoisotopic (exact) mass is 416 g/mol. The quantitative estimate of drug-likeness (QED) is 0.517. The van der Waals surface area contributed by atoms with Crippen LogP contribution in [0.5, 0.6) is 5.75 Å². The first-order chi connectivity index (χ1) is 14.3. The number of piperidine rings is 1. The maximum Gasteiger partial charge on any atom is 0.220 e. The van der Waals surface area contributed by atoms with E-state index in [9.17, 15) is 4.79 Å². The summed E-state index contributed by atoms with van der Waals surface area (Å²) in [6, 6.07) is 12.2. The predicted octanol–water partition coefficient (Wildman–Crippen LogP) is 4.47. The molecule has 1 saturated heterocycles. The molecule has 5 nitrogen and oxygen atoms in total. The normalized spacial score (nSPS) is 14.6. The number of ether oxygens (including phenoxy) is 1. The molecule has 1 amide bonds. The third-order valence-corrected chi connectivity index (χ3v) is 5.94. The molecule has 2 aromatic rings. The fraction of sp³-hybridized carbons (Fsp3) is 0.522. The second-order valence-electron chi connectivity index (χ2n) is 7.42. The van der Waals surface area contributed by atoms with Crippen LogP contribution in [0.25, 0.3) is 0 Å². The topological polar surface area (TPSA) is 54.7 Å². The van der Waals surface area contributed by atoms with Gasteiger partial charge in [-0.15, -0.1) is 0 Å². The van der Waals surface area contributed by atoms with Gasteiger partial charge in [0.25, 0.3) is 0 Å². The second-order valence-corrected chi connectivity index (χ2v) is 8.52. The van der Waals surface area contributed by atoms with Crippen LogP contribution in [0.3, 0.4) is 0 Å². The molecule has 1 aromatic heterocycles. The van der Waals surface area contributed by atoms with E-state index >= 15 is 0 Å². The number of amides is 1. The molecule has 0 radical (unpaired) electrons. The Morgan fingerprint density at radius 2 is 2.07 bits per heavy atom. The summed E-state index contributed by atoms with van der Waals surface area (Å²) in [6.07, 6.45) is 6.88. The first-order valence-corrected chi connectivity index (χ1v) is 11.8. The van der Waals surface area contributed by atoms with Crippen LogP contribution in [0.4, 0.5) is 0 Å². The second kappa shape index (κ2) is 12.6. The number of likely N-dealkylation sites (tertiary alicyclic amines) is 1. The molecular formula is C23H32N2O3S. The number of thioether (sulfide) groups is 1. The molecule has 1 aromatic carbocycles. The molecule has 0 atom stereocenters. The molecule has 2 heterocycles. The van der Waals surface area contributed by atoms with Crippen LogP contribution in [-0.2, 0) is 17.1 Å². The van der Waals surface area contributed by atoms with Crippen molar-refractivity contribution in [1.29, 1.82) is 0 Å². The van der Waals surface area contributed by atoms with E-state index in [4.69, 9.17) is 9.15 Å². The highest BCUT2D eigenvalue weighted by Crippen LogP contribution is 2.18. The Bertz CT molecular complexity index is 715. The number of furan rings is 1. The zero-order chi connectivity index (χ0) is 20.2. The number of nitrogens with zero attached hydrogens (tertiary/aromatic N) is 1. The molecule has 0 aliphatic carbocycles. The summed E-state index contributed by atoms with van der Waals surface area (Å²) >= 11 is 1.76. The van der Waals surface area contributed by atoms with Crippen molar-refractivity contribution in [1.82, 2.24) is 10.2 Å². The Morgan fingerprint density at radius 1 is 1.17 bits per heavy atom. The number of benzene rings is 1. The van der Waals surface area contributed by atoms with Crippen molar-refractivity contribution in [2.24, 2.45) is 0 Å². The Morgan fingerprint density at radius 3 is 2.90 bits per heavy atom. The van der Waals surface area contributed by atoms with Gasteiger partial charge in [-0.2, -0.15) is 11.8 Å². The minimum absolute atomic E-state index is 0.0889. The van der Waals surface area contributed by atoms with E-state index < -0.39 is 0 Å². The summed E-state index contributed by atoms with van der Waals surface area (Å²) in [4.78, 5) is 14.4. The van der Waals surface area contributed by atoms with Gasteiger partial charge in [-0.3, -0.25) is 9.69 Å². The molecule has 1 N–H and O–H groups in total. The molecule has 1 aliphatic heterocycles. The van der Waals surface area contributed by atoms with Crippen molar-refractivity contribution < 1.29 is 13.9 Å². The SMILES string of the molecule is O=C(CCCOc1cccc(CN2CCCCC2)c1)NCCSCc1ccco1. The largest absolute Gasteiger partial charge is 0.494 e. The Labute approximate surface area is 178 Å². The maximum atomic E-state index is 11.9. The van der Waals surface area contributed by atoms with Crippen molar-refractivity contribution >= 4 is 17.7 Å². The van der Waals surface area contributed by atoms with Crippen molar-refractivity contribution in [2.45, 2.75) is 44.4 Å². The molecule has 0 unspecified atom stereocenters. The van der Waals surface area contributed by atoms with Gasteiger partial charge in [0, 0.05) is 25.3 Å². The van der Waals surface area contributed by atoms with E-state index in [-0.39, 0.29) is 5.91 Å². The molecule has 3 rings (SSSR count). The average Bonchev–Trinajstić information content (AvgIpc) is 3.26. The molecule has 29 heavy (non-hydrogen) atoms. The van der Waals surface area contributed by atoms with E-state index in [1.54, 1.807) is 18.0 Å². The van der Waals surface area contributed by atoms with Gasteiger partial charge in [0.1, 0.15) is 11.5 Å². The highest BCUT2D eigenvalue weighted by atomic mass is 32.2. The first-order valence-electron chi connectivity index (χ1n) is 10.6. The number of hydrogen-bond acceptors (Lipinski definition) is 5. The van der Waals surface area contributed by atoms with E-state index in [0.717, 1.165) is 36.0 Å². The van der Waals surface area contributed by atoms with Gasteiger partial charge in [-0.1, -0.05) is 18.6 Å². The van der Waals surface area contributed by atoms with E-state index in [0.29, 0.717) is 19.6 Å². The lowest BCUT2D eigenvalue weighted by Gasteiger charge is -2.26. The van der Waals surface area contributed by atoms with Gasteiger partial charge in [-0.25, -0.2) is 0 Å². The molecule has 158 valence electrons. The third kappa shape index (κ3) is 8.54. The van der Waals surface area contributed by atoms with Gasteiger partial charge in [-0.05, 0) is 62.2 Å². The number of hydrogen-bond donors (Lipinski definition) is 1. The average molecular weight is 417 g/mol. The molecule has 1 aliphatic rings. The summed E-state index contributed by atoms with van der Waals surface area (Å²) in [7, 11) is 0. The third-order valence-electron chi connectivity index (χ3n) is 4.96. The van der Waals surface area contributed by atoms with Crippen LogP contribution in [0.2, 0.25) is 0 Å². The summed E-state index contributed by atoms with van der Waals surface area (Å²) in [5.74, 6) is 3.68. The maximum absolute atomic E-state index is 11.9. The van der Waals surface area contributed by atoms with Crippen LogP contribution >= 0.6 is 11.8 Å². The van der Waals surface area contributed by atoms with Crippen LogP contribution in [0.15, 0.2) is 47.1 Å². The minimum Gasteiger partial charge on any atom is -0.494 e.